The van der Waals surface area contributed by atoms with Crippen molar-refractivity contribution in [2.24, 2.45) is 0 Å². The highest BCUT2D eigenvalue weighted by Gasteiger charge is 2.33. The quantitative estimate of drug-likeness (QED) is 0.862. The fraction of sp³-hybridized carbons (Fsp3) is 0.368. The van der Waals surface area contributed by atoms with Gasteiger partial charge in [-0.15, -0.1) is 0 Å². The van der Waals surface area contributed by atoms with Gasteiger partial charge in [-0.3, -0.25) is 0 Å². The van der Waals surface area contributed by atoms with Gasteiger partial charge in [0.05, 0.1) is 14.2 Å². The zero-order valence-corrected chi connectivity index (χ0v) is 13.5. The molecule has 1 aliphatic rings. The lowest BCUT2D eigenvalue weighted by molar-refractivity contribution is 0.354. The largest absolute Gasteiger partial charge is 0.493 e. The molecule has 2 aromatic carbocycles. The van der Waals surface area contributed by atoms with Gasteiger partial charge in [-0.25, -0.2) is 0 Å². The summed E-state index contributed by atoms with van der Waals surface area (Å²) in [6.45, 7) is 2.15. The van der Waals surface area contributed by atoms with Gasteiger partial charge in [-0.05, 0) is 30.3 Å². The predicted octanol–water partition coefficient (Wildman–Crippen LogP) is 3.52. The molecule has 0 saturated carbocycles. The van der Waals surface area contributed by atoms with E-state index in [4.69, 9.17) is 9.47 Å². The Labute approximate surface area is 132 Å². The summed E-state index contributed by atoms with van der Waals surface area (Å²) in [4.78, 5) is 2.40. The predicted molar refractivity (Wildman–Crippen MR) is 89.0 cm³/mol. The van der Waals surface area contributed by atoms with Crippen molar-refractivity contribution in [2.75, 3.05) is 34.4 Å². The number of ether oxygens (including phenoxy) is 2. The fourth-order valence-corrected chi connectivity index (χ4v) is 3.46. The molecule has 2 atom stereocenters. The zero-order valence-electron chi connectivity index (χ0n) is 13.5. The maximum absolute atomic E-state index is 5.47. The molecular weight excluding hydrogens is 274 g/mol. The van der Waals surface area contributed by atoms with Gasteiger partial charge in [-0.2, -0.15) is 0 Å². The number of likely N-dealkylation sites (N-methyl/N-ethyl adjacent to an activating group) is 1. The SMILES string of the molecule is COc1ccc([C@H]2CN(C)C[C@@H]2c2ccccc2)cc1OC. The van der Waals surface area contributed by atoms with Crippen LogP contribution in [0.1, 0.15) is 23.0 Å². The molecule has 0 unspecified atom stereocenters. The third-order valence-electron chi connectivity index (χ3n) is 4.57. The molecule has 1 aliphatic heterocycles. The van der Waals surface area contributed by atoms with Gasteiger partial charge in [0.2, 0.25) is 0 Å². The maximum Gasteiger partial charge on any atom is 0.160 e. The second-order valence-electron chi connectivity index (χ2n) is 5.96. The van der Waals surface area contributed by atoms with Crippen LogP contribution in [0.2, 0.25) is 0 Å². The van der Waals surface area contributed by atoms with E-state index in [0.29, 0.717) is 11.8 Å². The van der Waals surface area contributed by atoms with Crippen LogP contribution in [0.25, 0.3) is 0 Å². The third-order valence-corrected chi connectivity index (χ3v) is 4.57. The molecule has 2 aromatic rings. The zero-order chi connectivity index (χ0) is 15.5. The van der Waals surface area contributed by atoms with Crippen LogP contribution >= 0.6 is 0 Å². The number of methoxy groups -OCH3 is 2. The summed E-state index contributed by atoms with van der Waals surface area (Å²) in [7, 11) is 5.56. The summed E-state index contributed by atoms with van der Waals surface area (Å²) in [5, 5.41) is 0. The van der Waals surface area contributed by atoms with Crippen molar-refractivity contribution in [3.8, 4) is 11.5 Å². The molecule has 0 aliphatic carbocycles. The van der Waals surface area contributed by atoms with Crippen molar-refractivity contribution >= 4 is 0 Å². The van der Waals surface area contributed by atoms with Gasteiger partial charge in [0, 0.05) is 24.9 Å². The number of benzene rings is 2. The molecule has 0 radical (unpaired) electrons. The highest BCUT2D eigenvalue weighted by molar-refractivity contribution is 5.45. The summed E-state index contributed by atoms with van der Waals surface area (Å²) in [6.07, 6.45) is 0. The first-order chi connectivity index (χ1) is 10.7. The van der Waals surface area contributed by atoms with Crippen LogP contribution in [0.4, 0.5) is 0 Å². The molecule has 0 spiro atoms. The molecule has 3 rings (SSSR count). The van der Waals surface area contributed by atoms with Crippen LogP contribution < -0.4 is 9.47 Å². The van der Waals surface area contributed by atoms with E-state index in [0.717, 1.165) is 24.6 Å². The summed E-state index contributed by atoms with van der Waals surface area (Å²) < 4.78 is 10.8. The standard InChI is InChI=1S/C19H23NO2/c1-20-12-16(14-7-5-4-6-8-14)17(13-20)15-9-10-18(21-2)19(11-15)22-3/h4-11,16-17H,12-13H2,1-3H3/t16-,17-/m1/s1. The Hall–Kier alpha value is -2.00. The minimum atomic E-state index is 0.479. The van der Waals surface area contributed by atoms with Gasteiger partial charge < -0.3 is 14.4 Å². The number of hydrogen-bond donors (Lipinski definition) is 0. The average Bonchev–Trinajstić information content (AvgIpc) is 2.97. The second-order valence-corrected chi connectivity index (χ2v) is 5.96. The first kappa shape index (κ1) is 14.9. The molecular formula is C19H23NO2. The molecule has 3 nitrogen and oxygen atoms in total. The van der Waals surface area contributed by atoms with E-state index in [1.807, 2.05) is 6.07 Å². The van der Waals surface area contributed by atoms with Gasteiger partial charge in [-0.1, -0.05) is 36.4 Å². The maximum atomic E-state index is 5.47. The van der Waals surface area contributed by atoms with E-state index in [9.17, 15) is 0 Å². The summed E-state index contributed by atoms with van der Waals surface area (Å²) in [5.74, 6) is 2.59. The summed E-state index contributed by atoms with van der Waals surface area (Å²) >= 11 is 0. The Balaban J connectivity index is 1.95. The van der Waals surface area contributed by atoms with E-state index < -0.39 is 0 Å². The molecule has 3 heteroatoms. The molecule has 0 bridgehead atoms. The van der Waals surface area contributed by atoms with E-state index in [-0.39, 0.29) is 0 Å². The minimum Gasteiger partial charge on any atom is -0.493 e. The highest BCUT2D eigenvalue weighted by atomic mass is 16.5. The normalized spacial score (nSPS) is 21.8. The van der Waals surface area contributed by atoms with Crippen LogP contribution in [0.5, 0.6) is 11.5 Å². The van der Waals surface area contributed by atoms with Crippen molar-refractivity contribution in [3.63, 3.8) is 0 Å². The number of nitrogens with zero attached hydrogens (tertiary/aromatic N) is 1. The molecule has 1 heterocycles. The smallest absolute Gasteiger partial charge is 0.160 e. The van der Waals surface area contributed by atoms with Gasteiger partial charge in [0.25, 0.3) is 0 Å². The number of likely N-dealkylation sites (tertiary alicyclic amines) is 1. The van der Waals surface area contributed by atoms with Gasteiger partial charge >= 0.3 is 0 Å². The lowest BCUT2D eigenvalue weighted by Gasteiger charge is -2.20. The summed E-state index contributed by atoms with van der Waals surface area (Å²) in [6, 6.07) is 17.1. The van der Waals surface area contributed by atoms with Crippen LogP contribution in [0.3, 0.4) is 0 Å². The second kappa shape index (κ2) is 6.41. The molecule has 0 N–H and O–H groups in total. The Kier molecular flexibility index (Phi) is 4.34. The fourth-order valence-electron chi connectivity index (χ4n) is 3.46. The number of rotatable bonds is 4. The molecule has 22 heavy (non-hydrogen) atoms. The van der Waals surface area contributed by atoms with Crippen LogP contribution in [-0.2, 0) is 0 Å². The van der Waals surface area contributed by atoms with Gasteiger partial charge in [0.15, 0.2) is 11.5 Å². The third kappa shape index (κ3) is 2.81. The molecule has 1 saturated heterocycles. The first-order valence-electron chi connectivity index (χ1n) is 7.68. The van der Waals surface area contributed by atoms with E-state index in [1.165, 1.54) is 11.1 Å². The Morgan fingerprint density at radius 3 is 2.09 bits per heavy atom. The Morgan fingerprint density at radius 1 is 0.818 bits per heavy atom. The van der Waals surface area contributed by atoms with Crippen molar-refractivity contribution in [3.05, 3.63) is 59.7 Å². The Morgan fingerprint density at radius 2 is 1.45 bits per heavy atom. The van der Waals surface area contributed by atoms with Crippen LogP contribution in [0.15, 0.2) is 48.5 Å². The lowest BCUT2D eigenvalue weighted by Crippen LogP contribution is -2.13. The first-order valence-corrected chi connectivity index (χ1v) is 7.68. The van der Waals surface area contributed by atoms with E-state index in [1.54, 1.807) is 14.2 Å². The minimum absolute atomic E-state index is 0.479. The van der Waals surface area contributed by atoms with E-state index in [2.05, 4.69) is 54.4 Å². The number of hydrogen-bond acceptors (Lipinski definition) is 3. The lowest BCUT2D eigenvalue weighted by atomic mass is 9.84. The van der Waals surface area contributed by atoms with E-state index >= 15 is 0 Å². The molecule has 116 valence electrons. The monoisotopic (exact) mass is 297 g/mol. The topological polar surface area (TPSA) is 21.7 Å². The average molecular weight is 297 g/mol. The van der Waals surface area contributed by atoms with Crippen LogP contribution in [-0.4, -0.2) is 39.3 Å². The molecule has 1 fully saturated rings. The van der Waals surface area contributed by atoms with Crippen LogP contribution in [0, 0.1) is 0 Å². The molecule has 0 amide bonds. The van der Waals surface area contributed by atoms with Crippen molar-refractivity contribution in [2.45, 2.75) is 11.8 Å². The Bertz CT molecular complexity index is 627. The van der Waals surface area contributed by atoms with Gasteiger partial charge in [0.1, 0.15) is 0 Å². The van der Waals surface area contributed by atoms with Crippen molar-refractivity contribution in [1.29, 1.82) is 0 Å². The van der Waals surface area contributed by atoms with Crippen molar-refractivity contribution in [1.82, 2.24) is 4.90 Å². The van der Waals surface area contributed by atoms with Crippen molar-refractivity contribution < 1.29 is 9.47 Å². The summed E-state index contributed by atoms with van der Waals surface area (Å²) in [5.41, 5.74) is 2.72. The molecule has 0 aromatic heterocycles. The highest BCUT2D eigenvalue weighted by Crippen LogP contribution is 2.41.